The molecule has 1 aliphatic rings. The molecule has 7 heteroatoms. The van der Waals surface area contributed by atoms with Gasteiger partial charge in [0, 0.05) is 11.9 Å². The van der Waals surface area contributed by atoms with Gasteiger partial charge < -0.3 is 5.11 Å². The standard InChI is InChI=1S/C12H12N4O2S/c17-12(18)10-7-19-11(13-10)4-3-9-6-16(15-14-9)5-8-1-2-8/h3-4,6-8H,1-2,5H2,(H,17,18)/b4-3+. The minimum Gasteiger partial charge on any atom is -0.476 e. The Hall–Kier alpha value is -2.02. The van der Waals surface area contributed by atoms with Crippen LogP contribution in [0.15, 0.2) is 11.6 Å². The first-order valence-corrected chi connectivity index (χ1v) is 6.86. The number of aromatic carboxylic acids is 1. The Balaban J connectivity index is 1.66. The molecule has 1 aliphatic carbocycles. The second kappa shape index (κ2) is 4.93. The first kappa shape index (κ1) is 12.0. The molecule has 1 N–H and O–H groups in total. The number of hydrogen-bond donors (Lipinski definition) is 1. The quantitative estimate of drug-likeness (QED) is 0.903. The van der Waals surface area contributed by atoms with Crippen LogP contribution in [0.5, 0.6) is 0 Å². The maximum absolute atomic E-state index is 10.7. The fraction of sp³-hybridized carbons (Fsp3) is 0.333. The molecule has 0 atom stereocenters. The van der Waals surface area contributed by atoms with Gasteiger partial charge in [-0.1, -0.05) is 5.21 Å². The van der Waals surface area contributed by atoms with Gasteiger partial charge in [-0.25, -0.2) is 9.78 Å². The Labute approximate surface area is 113 Å². The van der Waals surface area contributed by atoms with E-state index in [2.05, 4.69) is 15.3 Å². The molecular formula is C12H12N4O2S. The van der Waals surface area contributed by atoms with Gasteiger partial charge in [0.2, 0.25) is 0 Å². The molecule has 0 radical (unpaired) electrons. The summed E-state index contributed by atoms with van der Waals surface area (Å²) < 4.78 is 1.85. The van der Waals surface area contributed by atoms with Gasteiger partial charge >= 0.3 is 5.97 Å². The van der Waals surface area contributed by atoms with Gasteiger partial charge in [0.05, 0.1) is 6.20 Å². The van der Waals surface area contributed by atoms with Crippen LogP contribution in [-0.4, -0.2) is 31.1 Å². The number of rotatable bonds is 5. The lowest BCUT2D eigenvalue weighted by atomic mass is 10.4. The first-order valence-electron chi connectivity index (χ1n) is 5.98. The number of thiazole rings is 1. The normalized spacial score (nSPS) is 15.2. The molecule has 0 aliphatic heterocycles. The smallest absolute Gasteiger partial charge is 0.355 e. The monoisotopic (exact) mass is 276 g/mol. The SMILES string of the molecule is O=C(O)c1csc(/C=C/c2cn(CC3CC3)nn2)n1. The number of carboxylic acids is 1. The van der Waals surface area contributed by atoms with Crippen molar-refractivity contribution in [2.24, 2.45) is 5.92 Å². The molecule has 98 valence electrons. The van der Waals surface area contributed by atoms with Crippen molar-refractivity contribution in [3.05, 3.63) is 28.0 Å². The van der Waals surface area contributed by atoms with Crippen molar-refractivity contribution in [1.29, 1.82) is 0 Å². The lowest BCUT2D eigenvalue weighted by Crippen LogP contribution is -1.99. The van der Waals surface area contributed by atoms with Gasteiger partial charge in [-0.2, -0.15) is 0 Å². The Morgan fingerprint density at radius 3 is 3.05 bits per heavy atom. The van der Waals surface area contributed by atoms with Crippen molar-refractivity contribution < 1.29 is 9.90 Å². The predicted molar refractivity (Wildman–Crippen MR) is 70.7 cm³/mol. The average molecular weight is 276 g/mol. The maximum Gasteiger partial charge on any atom is 0.355 e. The number of carbonyl (C=O) groups is 1. The molecule has 1 saturated carbocycles. The molecule has 2 heterocycles. The van der Waals surface area contributed by atoms with Crippen molar-refractivity contribution in [2.45, 2.75) is 19.4 Å². The molecule has 0 amide bonds. The topological polar surface area (TPSA) is 80.9 Å². The Bertz CT molecular complexity index is 627. The van der Waals surface area contributed by atoms with E-state index in [-0.39, 0.29) is 5.69 Å². The number of aromatic nitrogens is 4. The van der Waals surface area contributed by atoms with E-state index >= 15 is 0 Å². The highest BCUT2D eigenvalue weighted by molar-refractivity contribution is 7.10. The maximum atomic E-state index is 10.7. The van der Waals surface area contributed by atoms with E-state index < -0.39 is 5.97 Å². The third kappa shape index (κ3) is 3.05. The van der Waals surface area contributed by atoms with Gasteiger partial charge in [0.15, 0.2) is 5.69 Å². The second-order valence-corrected chi connectivity index (χ2v) is 5.41. The average Bonchev–Trinajstić information content (AvgIpc) is 2.91. The Morgan fingerprint density at radius 2 is 2.37 bits per heavy atom. The molecule has 0 bridgehead atoms. The van der Waals surface area contributed by atoms with E-state index in [9.17, 15) is 4.79 Å². The number of nitrogens with zero attached hydrogens (tertiary/aromatic N) is 4. The predicted octanol–water partition coefficient (Wildman–Crippen LogP) is 2.01. The van der Waals surface area contributed by atoms with E-state index in [1.165, 1.54) is 29.6 Å². The summed E-state index contributed by atoms with van der Waals surface area (Å²) in [5, 5.41) is 19.0. The summed E-state index contributed by atoms with van der Waals surface area (Å²) >= 11 is 1.29. The van der Waals surface area contributed by atoms with Crippen LogP contribution in [0.2, 0.25) is 0 Å². The molecule has 0 aromatic carbocycles. The van der Waals surface area contributed by atoms with Crippen LogP contribution in [0, 0.1) is 5.92 Å². The summed E-state index contributed by atoms with van der Waals surface area (Å²) in [5.41, 5.74) is 0.828. The second-order valence-electron chi connectivity index (χ2n) is 4.52. The summed E-state index contributed by atoms with van der Waals surface area (Å²) in [6.07, 6.45) is 7.99. The molecule has 3 rings (SSSR count). The first-order chi connectivity index (χ1) is 9.20. The summed E-state index contributed by atoms with van der Waals surface area (Å²) in [4.78, 5) is 14.7. The van der Waals surface area contributed by atoms with Crippen LogP contribution in [0.1, 0.15) is 34.0 Å². The zero-order valence-corrected chi connectivity index (χ0v) is 10.9. The van der Waals surface area contributed by atoms with Gasteiger partial charge in [-0.05, 0) is 30.9 Å². The minimum atomic E-state index is -1.01. The van der Waals surface area contributed by atoms with Crippen molar-refractivity contribution in [2.75, 3.05) is 0 Å². The highest BCUT2D eigenvalue weighted by atomic mass is 32.1. The fourth-order valence-electron chi connectivity index (χ4n) is 1.66. The third-order valence-corrected chi connectivity index (χ3v) is 3.65. The van der Waals surface area contributed by atoms with Gasteiger partial charge in [0.1, 0.15) is 10.7 Å². The van der Waals surface area contributed by atoms with Crippen LogP contribution < -0.4 is 0 Å². The lowest BCUT2D eigenvalue weighted by Gasteiger charge is -1.93. The van der Waals surface area contributed by atoms with Gasteiger partial charge in [0.25, 0.3) is 0 Å². The van der Waals surface area contributed by atoms with E-state index in [4.69, 9.17) is 5.11 Å². The van der Waals surface area contributed by atoms with Crippen LogP contribution in [0.4, 0.5) is 0 Å². The zero-order valence-electron chi connectivity index (χ0n) is 10.1. The van der Waals surface area contributed by atoms with Crippen LogP contribution in [0.3, 0.4) is 0 Å². The largest absolute Gasteiger partial charge is 0.476 e. The van der Waals surface area contributed by atoms with Crippen LogP contribution in [0.25, 0.3) is 12.2 Å². The lowest BCUT2D eigenvalue weighted by molar-refractivity contribution is 0.0691. The van der Waals surface area contributed by atoms with Gasteiger partial charge in [-0.3, -0.25) is 4.68 Å². The minimum absolute atomic E-state index is 0.0713. The molecular weight excluding hydrogens is 264 g/mol. The molecule has 19 heavy (non-hydrogen) atoms. The molecule has 2 aromatic rings. The third-order valence-electron chi connectivity index (χ3n) is 2.84. The highest BCUT2D eigenvalue weighted by Gasteiger charge is 2.22. The molecule has 2 aromatic heterocycles. The molecule has 0 unspecified atom stereocenters. The Morgan fingerprint density at radius 1 is 1.53 bits per heavy atom. The van der Waals surface area contributed by atoms with Crippen LogP contribution >= 0.6 is 11.3 Å². The fourth-order valence-corrected chi connectivity index (χ4v) is 2.35. The van der Waals surface area contributed by atoms with Crippen molar-refractivity contribution in [1.82, 2.24) is 20.0 Å². The van der Waals surface area contributed by atoms with Crippen molar-refractivity contribution in [3.8, 4) is 0 Å². The van der Waals surface area contributed by atoms with Gasteiger partial charge in [-0.15, -0.1) is 16.4 Å². The van der Waals surface area contributed by atoms with Crippen molar-refractivity contribution in [3.63, 3.8) is 0 Å². The molecule has 0 spiro atoms. The molecule has 6 nitrogen and oxygen atoms in total. The van der Waals surface area contributed by atoms with E-state index in [1.807, 2.05) is 10.9 Å². The number of hydrogen-bond acceptors (Lipinski definition) is 5. The Kier molecular flexibility index (Phi) is 3.12. The summed E-state index contributed by atoms with van der Waals surface area (Å²) in [5.74, 6) is -0.248. The summed E-state index contributed by atoms with van der Waals surface area (Å²) in [6.45, 7) is 0.932. The number of carboxylic acid groups (broad SMARTS) is 1. The molecule has 1 fully saturated rings. The zero-order chi connectivity index (χ0) is 13.2. The van der Waals surface area contributed by atoms with E-state index in [0.29, 0.717) is 5.01 Å². The van der Waals surface area contributed by atoms with E-state index in [1.54, 1.807) is 12.2 Å². The summed E-state index contributed by atoms with van der Waals surface area (Å²) in [6, 6.07) is 0. The van der Waals surface area contributed by atoms with Crippen LogP contribution in [-0.2, 0) is 6.54 Å². The molecule has 0 saturated heterocycles. The summed E-state index contributed by atoms with van der Waals surface area (Å²) in [7, 11) is 0. The highest BCUT2D eigenvalue weighted by Crippen LogP contribution is 2.30. The van der Waals surface area contributed by atoms with Crippen molar-refractivity contribution >= 4 is 29.5 Å². The van der Waals surface area contributed by atoms with E-state index in [0.717, 1.165) is 18.2 Å².